The van der Waals surface area contributed by atoms with Crippen LogP contribution in [0.5, 0.6) is 0 Å². The predicted octanol–water partition coefficient (Wildman–Crippen LogP) is -2.27. The quantitative estimate of drug-likeness (QED) is 0.255. The van der Waals surface area contributed by atoms with E-state index in [9.17, 15) is 24.3 Å². The number of hydrogen-bond acceptors (Lipinski definition) is 7. The molecule has 12 heteroatoms. The largest absolute Gasteiger partial charge is 0.480 e. The maximum atomic E-state index is 13.0. The number of H-pyrrole nitrogens is 1. The average molecular weight is 424 g/mol. The Morgan fingerprint density at radius 1 is 1.33 bits per heavy atom. The molecule has 30 heavy (non-hydrogen) atoms. The minimum Gasteiger partial charge on any atom is -0.480 e. The molecule has 1 aliphatic rings. The molecule has 7 N–H and O–H groups in total. The number of aliphatic hydroxyl groups is 1. The monoisotopic (exact) mass is 424 g/mol. The van der Waals surface area contributed by atoms with E-state index in [1.807, 2.05) is 0 Å². The molecule has 1 saturated heterocycles. The van der Waals surface area contributed by atoms with Gasteiger partial charge < -0.3 is 36.5 Å². The Kier molecular flexibility index (Phi) is 7.89. The van der Waals surface area contributed by atoms with Crippen molar-refractivity contribution >= 4 is 23.7 Å². The second kappa shape index (κ2) is 10.2. The number of aliphatic carboxylic acids is 1. The zero-order chi connectivity index (χ0) is 22.4. The molecule has 0 radical (unpaired) electrons. The zero-order valence-corrected chi connectivity index (χ0v) is 16.9. The number of hydrogen-bond donors (Lipinski definition) is 6. The Labute approximate surface area is 173 Å². The van der Waals surface area contributed by atoms with E-state index in [1.54, 1.807) is 0 Å². The second-order valence-corrected chi connectivity index (χ2v) is 7.37. The van der Waals surface area contributed by atoms with Gasteiger partial charge in [-0.05, 0) is 26.7 Å². The van der Waals surface area contributed by atoms with Gasteiger partial charge in [-0.2, -0.15) is 0 Å². The van der Waals surface area contributed by atoms with Gasteiger partial charge in [0, 0.05) is 24.9 Å². The van der Waals surface area contributed by atoms with Crippen LogP contribution in [0.2, 0.25) is 0 Å². The van der Waals surface area contributed by atoms with Gasteiger partial charge >= 0.3 is 5.97 Å². The summed E-state index contributed by atoms with van der Waals surface area (Å²) in [5, 5.41) is 23.8. The molecule has 12 nitrogen and oxygen atoms in total. The molecule has 166 valence electrons. The van der Waals surface area contributed by atoms with Crippen LogP contribution >= 0.6 is 0 Å². The van der Waals surface area contributed by atoms with E-state index in [4.69, 9.17) is 10.8 Å². The molecule has 0 spiro atoms. The summed E-state index contributed by atoms with van der Waals surface area (Å²) in [6, 6.07) is -4.26. The molecule has 1 aromatic heterocycles. The van der Waals surface area contributed by atoms with Crippen LogP contribution in [0.25, 0.3) is 0 Å². The summed E-state index contributed by atoms with van der Waals surface area (Å²) in [5.74, 6) is -3.06. The van der Waals surface area contributed by atoms with Crippen LogP contribution in [0, 0.1) is 0 Å². The highest BCUT2D eigenvalue weighted by Crippen LogP contribution is 2.19. The summed E-state index contributed by atoms with van der Waals surface area (Å²) in [7, 11) is 0. The van der Waals surface area contributed by atoms with Gasteiger partial charge in [0.05, 0.1) is 18.5 Å². The average Bonchev–Trinajstić information content (AvgIpc) is 3.36. The Hall–Kier alpha value is -2.99. The van der Waals surface area contributed by atoms with Crippen LogP contribution in [0.3, 0.4) is 0 Å². The van der Waals surface area contributed by atoms with E-state index in [-0.39, 0.29) is 13.0 Å². The summed E-state index contributed by atoms with van der Waals surface area (Å²) in [5.41, 5.74) is 6.52. The summed E-state index contributed by atoms with van der Waals surface area (Å²) >= 11 is 0. The van der Waals surface area contributed by atoms with E-state index in [1.165, 1.54) is 31.3 Å². The van der Waals surface area contributed by atoms with E-state index < -0.39 is 54.0 Å². The molecule has 1 fully saturated rings. The van der Waals surface area contributed by atoms with Crippen molar-refractivity contribution in [2.45, 2.75) is 63.4 Å². The molecular formula is C18H28N6O6. The number of nitrogens with two attached hydrogens (primary N) is 1. The standard InChI is InChI=1S/C18H28N6O6/c1-9(18(29)30)22-16(27)13-4-3-5-24(13)17(28)14(10(2)25)23-15(26)12(19)6-11-7-20-8-21-11/h7-10,12-14,25H,3-6,19H2,1-2H3,(H,20,21)(H,22,27)(H,23,26)(H,29,30). The summed E-state index contributed by atoms with van der Waals surface area (Å²) < 4.78 is 0. The molecule has 0 saturated carbocycles. The van der Waals surface area contributed by atoms with Gasteiger partial charge in [0.2, 0.25) is 17.7 Å². The fraction of sp³-hybridized carbons (Fsp3) is 0.611. The number of nitrogens with one attached hydrogen (secondary N) is 3. The highest BCUT2D eigenvalue weighted by atomic mass is 16.4. The molecule has 1 aliphatic heterocycles. The highest BCUT2D eigenvalue weighted by molar-refractivity contribution is 5.94. The number of aromatic nitrogens is 2. The van der Waals surface area contributed by atoms with Gasteiger partial charge in [-0.1, -0.05) is 0 Å². The number of carboxylic acid groups (broad SMARTS) is 1. The van der Waals surface area contributed by atoms with Crippen molar-refractivity contribution in [2.24, 2.45) is 5.73 Å². The van der Waals surface area contributed by atoms with Crippen molar-refractivity contribution in [3.05, 3.63) is 18.2 Å². The smallest absolute Gasteiger partial charge is 0.325 e. The lowest BCUT2D eigenvalue weighted by molar-refractivity contribution is -0.145. The van der Waals surface area contributed by atoms with Gasteiger partial charge in [-0.25, -0.2) is 4.98 Å². The molecule has 5 atom stereocenters. The van der Waals surface area contributed by atoms with Crippen LogP contribution < -0.4 is 16.4 Å². The lowest BCUT2D eigenvalue weighted by Crippen LogP contribution is -2.59. The first-order valence-electron chi connectivity index (χ1n) is 9.66. The van der Waals surface area contributed by atoms with Crippen molar-refractivity contribution in [3.8, 4) is 0 Å². The fourth-order valence-electron chi connectivity index (χ4n) is 3.23. The Morgan fingerprint density at radius 3 is 2.60 bits per heavy atom. The summed E-state index contributed by atoms with van der Waals surface area (Å²) in [6.07, 6.45) is 2.79. The second-order valence-electron chi connectivity index (χ2n) is 7.37. The molecule has 1 aromatic rings. The summed E-state index contributed by atoms with van der Waals surface area (Å²) in [6.45, 7) is 2.92. The maximum absolute atomic E-state index is 13.0. The van der Waals surface area contributed by atoms with Crippen molar-refractivity contribution < 1.29 is 29.4 Å². The van der Waals surface area contributed by atoms with E-state index in [0.29, 0.717) is 18.5 Å². The number of carbonyl (C=O) groups is 4. The number of aromatic amines is 1. The molecule has 5 unspecified atom stereocenters. The predicted molar refractivity (Wildman–Crippen MR) is 104 cm³/mol. The number of imidazole rings is 1. The number of rotatable bonds is 9. The van der Waals surface area contributed by atoms with Crippen LogP contribution in [-0.4, -0.2) is 85.6 Å². The number of carbonyl (C=O) groups excluding carboxylic acids is 3. The summed E-state index contributed by atoms with van der Waals surface area (Å²) in [4.78, 5) is 56.8. The van der Waals surface area contributed by atoms with Crippen molar-refractivity contribution in [1.29, 1.82) is 0 Å². The lowest BCUT2D eigenvalue weighted by Gasteiger charge is -2.30. The minimum atomic E-state index is -1.30. The normalized spacial score (nSPS) is 20.1. The first-order valence-corrected chi connectivity index (χ1v) is 9.66. The number of aliphatic hydroxyl groups excluding tert-OH is 1. The Balaban J connectivity index is 2.05. The fourth-order valence-corrected chi connectivity index (χ4v) is 3.23. The number of nitrogens with zero attached hydrogens (tertiary/aromatic N) is 2. The van der Waals surface area contributed by atoms with Crippen LogP contribution in [-0.2, 0) is 25.6 Å². The molecule has 0 aliphatic carbocycles. The Morgan fingerprint density at radius 2 is 2.03 bits per heavy atom. The molecule has 3 amide bonds. The lowest BCUT2D eigenvalue weighted by atomic mass is 10.1. The first-order chi connectivity index (χ1) is 14.1. The van der Waals surface area contributed by atoms with Gasteiger partial charge in [-0.3, -0.25) is 19.2 Å². The van der Waals surface area contributed by atoms with Crippen LogP contribution in [0.15, 0.2) is 12.5 Å². The molecule has 0 bridgehead atoms. The van der Waals surface area contributed by atoms with E-state index >= 15 is 0 Å². The third-order valence-corrected chi connectivity index (χ3v) is 4.95. The molecular weight excluding hydrogens is 396 g/mol. The van der Waals surface area contributed by atoms with E-state index in [0.717, 1.165) is 0 Å². The van der Waals surface area contributed by atoms with Crippen molar-refractivity contribution in [2.75, 3.05) is 6.54 Å². The van der Waals surface area contributed by atoms with E-state index in [2.05, 4.69) is 20.6 Å². The van der Waals surface area contributed by atoms with Gasteiger partial charge in [0.15, 0.2) is 0 Å². The molecule has 2 rings (SSSR count). The Bertz CT molecular complexity index is 767. The molecule has 0 aromatic carbocycles. The van der Waals surface area contributed by atoms with Crippen molar-refractivity contribution in [3.63, 3.8) is 0 Å². The highest BCUT2D eigenvalue weighted by Gasteiger charge is 2.40. The van der Waals surface area contributed by atoms with Crippen LogP contribution in [0.1, 0.15) is 32.4 Å². The zero-order valence-electron chi connectivity index (χ0n) is 16.9. The third kappa shape index (κ3) is 5.76. The maximum Gasteiger partial charge on any atom is 0.325 e. The van der Waals surface area contributed by atoms with Crippen molar-refractivity contribution in [1.82, 2.24) is 25.5 Å². The third-order valence-electron chi connectivity index (χ3n) is 4.95. The minimum absolute atomic E-state index is 0.161. The van der Waals surface area contributed by atoms with Gasteiger partial charge in [0.1, 0.15) is 18.1 Å². The SMILES string of the molecule is CC(NC(=O)C1CCCN1C(=O)C(NC(=O)C(N)Cc1cnc[nH]1)C(C)O)C(=O)O. The number of amides is 3. The van der Waals surface area contributed by atoms with Gasteiger partial charge in [0.25, 0.3) is 0 Å². The van der Waals surface area contributed by atoms with Crippen LogP contribution in [0.4, 0.5) is 0 Å². The molecule has 2 heterocycles. The van der Waals surface area contributed by atoms with Gasteiger partial charge in [-0.15, -0.1) is 0 Å². The number of likely N-dealkylation sites (tertiary alicyclic amines) is 1. The topological polar surface area (TPSA) is 191 Å². The number of carboxylic acids is 1. The first kappa shape index (κ1) is 23.3.